The molecule has 2 aromatic carbocycles. The molecular weight excluding hydrogens is 481 g/mol. The van der Waals surface area contributed by atoms with Crippen LogP contribution in [-0.4, -0.2) is 31.3 Å². The first-order chi connectivity index (χ1) is 18.3. The Morgan fingerprint density at radius 3 is 2.34 bits per heavy atom. The van der Waals surface area contributed by atoms with E-state index in [2.05, 4.69) is 29.6 Å². The Bertz CT molecular complexity index is 1100. The van der Waals surface area contributed by atoms with Crippen molar-refractivity contribution in [1.82, 2.24) is 5.32 Å². The summed E-state index contributed by atoms with van der Waals surface area (Å²) in [5.74, 6) is 0.649. The smallest absolute Gasteiger partial charge is 0.306 e. The van der Waals surface area contributed by atoms with E-state index in [1.165, 1.54) is 24.1 Å². The normalized spacial score (nSPS) is 11.8. The Balaban J connectivity index is 1.19. The molecule has 0 radical (unpaired) electrons. The number of carbonyl (C=O) groups is 1. The minimum absolute atomic E-state index is 0.0925. The number of rotatable bonds is 17. The number of hydrogen-bond acceptors (Lipinski definition) is 5. The number of fused-ring (bicyclic) bond motifs is 1. The highest BCUT2D eigenvalue weighted by Gasteiger charge is 2.15. The number of ether oxygens (including phenoxy) is 2. The highest BCUT2D eigenvalue weighted by Crippen LogP contribution is 2.22. The van der Waals surface area contributed by atoms with Gasteiger partial charge in [-0.1, -0.05) is 49.9 Å². The molecule has 0 saturated heterocycles. The first-order valence-electron chi connectivity index (χ1n) is 14.0. The fraction of sp³-hybridized carbons (Fsp3) is 0.531. The molecule has 208 valence electrons. The van der Waals surface area contributed by atoms with Crippen LogP contribution in [0.15, 0.2) is 52.9 Å². The maximum Gasteiger partial charge on any atom is 0.306 e. The Hall–Kier alpha value is -2.70. The van der Waals surface area contributed by atoms with E-state index in [0.29, 0.717) is 13.0 Å². The van der Waals surface area contributed by atoms with Crippen molar-refractivity contribution in [2.24, 2.45) is 0 Å². The summed E-state index contributed by atoms with van der Waals surface area (Å²) in [6.07, 6.45) is 8.68. The van der Waals surface area contributed by atoms with Gasteiger partial charge < -0.3 is 19.2 Å². The van der Waals surface area contributed by atoms with Crippen molar-refractivity contribution in [3.05, 3.63) is 71.2 Å². The van der Waals surface area contributed by atoms with Gasteiger partial charge in [0.05, 0.1) is 6.61 Å². The molecule has 6 heteroatoms. The van der Waals surface area contributed by atoms with Crippen LogP contribution in [0.2, 0.25) is 0 Å². The van der Waals surface area contributed by atoms with Crippen molar-refractivity contribution in [3.8, 4) is 0 Å². The molecule has 5 nitrogen and oxygen atoms in total. The predicted octanol–water partition coefficient (Wildman–Crippen LogP) is 7.54. The van der Waals surface area contributed by atoms with Gasteiger partial charge in [0.25, 0.3) is 0 Å². The van der Waals surface area contributed by atoms with Crippen molar-refractivity contribution in [2.75, 3.05) is 19.8 Å². The summed E-state index contributed by atoms with van der Waals surface area (Å²) < 4.78 is 30.2. The largest absolute Gasteiger partial charge is 0.461 e. The van der Waals surface area contributed by atoms with Crippen LogP contribution in [-0.2, 0) is 33.7 Å². The maximum atomic E-state index is 13.1. The summed E-state index contributed by atoms with van der Waals surface area (Å²) in [5, 5.41) is 4.54. The fourth-order valence-corrected chi connectivity index (χ4v) is 4.33. The first kappa shape index (κ1) is 29.9. The number of esters is 1. The van der Waals surface area contributed by atoms with Crippen molar-refractivity contribution in [2.45, 2.75) is 90.7 Å². The van der Waals surface area contributed by atoms with Crippen LogP contribution in [0.3, 0.4) is 0 Å². The zero-order valence-electron chi connectivity index (χ0n) is 23.3. The van der Waals surface area contributed by atoms with E-state index in [4.69, 9.17) is 13.9 Å². The van der Waals surface area contributed by atoms with Crippen molar-refractivity contribution >= 4 is 16.9 Å². The number of hydrogen-bond donors (Lipinski definition) is 1. The van der Waals surface area contributed by atoms with Crippen molar-refractivity contribution in [1.29, 1.82) is 0 Å². The zero-order valence-corrected chi connectivity index (χ0v) is 23.3. The van der Waals surface area contributed by atoms with Gasteiger partial charge in [0.15, 0.2) is 0 Å². The number of aryl methyl sites for hydroxylation is 2. The van der Waals surface area contributed by atoms with E-state index in [-0.39, 0.29) is 17.4 Å². The number of unbranched alkanes of at least 4 members (excludes halogenated alkanes) is 5. The topological polar surface area (TPSA) is 60.7 Å². The molecule has 0 aliphatic heterocycles. The van der Waals surface area contributed by atoms with Crippen LogP contribution in [0.4, 0.5) is 4.39 Å². The molecule has 38 heavy (non-hydrogen) atoms. The van der Waals surface area contributed by atoms with Gasteiger partial charge in [-0.25, -0.2) is 4.39 Å². The van der Waals surface area contributed by atoms with Crippen LogP contribution in [0.25, 0.3) is 11.0 Å². The van der Waals surface area contributed by atoms with Gasteiger partial charge in [0.1, 0.15) is 22.8 Å². The molecule has 0 aliphatic carbocycles. The van der Waals surface area contributed by atoms with Gasteiger partial charge >= 0.3 is 5.97 Å². The molecule has 1 N–H and O–H groups in total. The standard InChI is InChI=1S/C32H44FNO4/c1-32(2,3)38-31(35)10-8-6-4-5-7-9-20-36-21-19-34-24-26-11-15-27-23-29(37-30(27)22-26)18-14-25-12-16-28(33)17-13-25/h11-13,15-17,22-23,34H,4-10,14,18-21,24H2,1-3H3. The minimum atomic E-state index is -0.389. The third-order valence-corrected chi connectivity index (χ3v) is 6.30. The number of carbonyl (C=O) groups excluding carboxylic acids is 1. The van der Waals surface area contributed by atoms with E-state index in [1.54, 1.807) is 0 Å². The Labute approximate surface area is 227 Å². The lowest BCUT2D eigenvalue weighted by molar-refractivity contribution is -0.154. The van der Waals surface area contributed by atoms with Crippen LogP contribution < -0.4 is 5.32 Å². The van der Waals surface area contributed by atoms with Crippen LogP contribution >= 0.6 is 0 Å². The number of benzene rings is 2. The molecule has 0 unspecified atom stereocenters. The fourth-order valence-electron chi connectivity index (χ4n) is 4.33. The van der Waals surface area contributed by atoms with E-state index in [9.17, 15) is 9.18 Å². The molecule has 0 fully saturated rings. The lowest BCUT2D eigenvalue weighted by atomic mass is 10.1. The first-order valence-corrected chi connectivity index (χ1v) is 14.0. The average Bonchev–Trinajstić information content (AvgIpc) is 3.27. The predicted molar refractivity (Wildman–Crippen MR) is 151 cm³/mol. The second kappa shape index (κ2) is 15.6. The van der Waals surface area contributed by atoms with Crippen LogP contribution in [0.1, 0.15) is 82.6 Å². The van der Waals surface area contributed by atoms with Crippen molar-refractivity contribution in [3.63, 3.8) is 0 Å². The monoisotopic (exact) mass is 525 g/mol. The molecule has 1 heterocycles. The number of nitrogens with one attached hydrogen (secondary N) is 1. The Kier molecular flexibility index (Phi) is 12.3. The summed E-state index contributed by atoms with van der Waals surface area (Å²) in [4.78, 5) is 11.7. The van der Waals surface area contributed by atoms with Gasteiger partial charge in [-0.3, -0.25) is 4.79 Å². The van der Waals surface area contributed by atoms with E-state index < -0.39 is 0 Å². The van der Waals surface area contributed by atoms with Gasteiger partial charge in [-0.05, 0) is 75.4 Å². The summed E-state index contributed by atoms with van der Waals surface area (Å²) in [5.41, 5.74) is 2.80. The minimum Gasteiger partial charge on any atom is -0.461 e. The second-order valence-electron chi connectivity index (χ2n) is 11.0. The van der Waals surface area contributed by atoms with Gasteiger partial charge in [-0.2, -0.15) is 0 Å². The molecule has 3 rings (SSSR count). The average molecular weight is 526 g/mol. The molecule has 0 saturated carbocycles. The van der Waals surface area contributed by atoms with E-state index in [0.717, 1.165) is 86.9 Å². The molecule has 1 aromatic heterocycles. The molecule has 0 bridgehead atoms. The number of furan rings is 1. The Morgan fingerprint density at radius 2 is 1.58 bits per heavy atom. The quantitative estimate of drug-likeness (QED) is 0.146. The highest BCUT2D eigenvalue weighted by atomic mass is 19.1. The summed E-state index contributed by atoms with van der Waals surface area (Å²) >= 11 is 0. The van der Waals surface area contributed by atoms with E-state index in [1.807, 2.05) is 32.9 Å². The van der Waals surface area contributed by atoms with Crippen LogP contribution in [0.5, 0.6) is 0 Å². The van der Waals surface area contributed by atoms with Gasteiger partial charge in [0, 0.05) is 37.9 Å². The highest BCUT2D eigenvalue weighted by molar-refractivity contribution is 5.78. The van der Waals surface area contributed by atoms with Crippen LogP contribution in [0, 0.1) is 5.82 Å². The molecule has 3 aromatic rings. The zero-order chi connectivity index (χ0) is 27.2. The third kappa shape index (κ3) is 11.8. The SMILES string of the molecule is CC(C)(C)OC(=O)CCCCCCCCOCCNCc1ccc2cc(CCc3ccc(F)cc3)oc2c1. The Morgan fingerprint density at radius 1 is 0.868 bits per heavy atom. The van der Waals surface area contributed by atoms with E-state index >= 15 is 0 Å². The molecule has 0 amide bonds. The summed E-state index contributed by atoms with van der Waals surface area (Å²) in [7, 11) is 0. The number of halogens is 1. The molecular formula is C32H44FNO4. The third-order valence-electron chi connectivity index (χ3n) is 6.30. The molecule has 0 aliphatic rings. The summed E-state index contributed by atoms with van der Waals surface area (Å²) in [6.45, 7) is 8.78. The molecule has 0 atom stereocenters. The molecule has 0 spiro atoms. The van der Waals surface area contributed by atoms with Crippen molar-refractivity contribution < 1.29 is 23.1 Å². The lowest BCUT2D eigenvalue weighted by Gasteiger charge is -2.19. The van der Waals surface area contributed by atoms with Gasteiger partial charge in [-0.15, -0.1) is 0 Å². The lowest BCUT2D eigenvalue weighted by Crippen LogP contribution is -2.23. The summed E-state index contributed by atoms with van der Waals surface area (Å²) in [6, 6.07) is 15.1. The maximum absolute atomic E-state index is 13.1. The second-order valence-corrected chi connectivity index (χ2v) is 11.0. The van der Waals surface area contributed by atoms with Gasteiger partial charge in [0.2, 0.25) is 0 Å².